The van der Waals surface area contributed by atoms with Crippen LogP contribution in [0.5, 0.6) is 0 Å². The van der Waals surface area contributed by atoms with Crippen LogP contribution >= 0.6 is 11.6 Å². The van der Waals surface area contributed by atoms with Gasteiger partial charge in [0, 0.05) is 35.3 Å². The highest BCUT2D eigenvalue weighted by Crippen LogP contribution is 2.25. The molecule has 1 fully saturated rings. The topological polar surface area (TPSA) is 33.2 Å². The van der Waals surface area contributed by atoms with Gasteiger partial charge < -0.3 is 4.90 Å². The lowest BCUT2D eigenvalue weighted by molar-refractivity contribution is 0.0900. The highest BCUT2D eigenvalue weighted by Gasteiger charge is 2.26. The molecule has 0 radical (unpaired) electrons. The minimum absolute atomic E-state index is 0.0993. The van der Waals surface area contributed by atoms with Gasteiger partial charge in [0.2, 0.25) is 0 Å². The van der Waals surface area contributed by atoms with Gasteiger partial charge >= 0.3 is 0 Å². The fraction of sp³-hybridized carbons (Fsp3) is 0.333. The molecular formula is C18H19ClN2O. The average Bonchev–Trinajstić information content (AvgIpc) is 2.55. The maximum atomic E-state index is 12.5. The molecule has 0 spiro atoms. The summed E-state index contributed by atoms with van der Waals surface area (Å²) in [6, 6.07) is 13.3. The summed E-state index contributed by atoms with van der Waals surface area (Å²) in [5.74, 6) is 1.34. The number of carbonyl (C=O) groups is 1. The fourth-order valence-corrected chi connectivity index (χ4v) is 3.05. The van der Waals surface area contributed by atoms with E-state index in [0.717, 1.165) is 43.0 Å². The second kappa shape index (κ2) is 6.49. The molecule has 0 saturated carbocycles. The van der Waals surface area contributed by atoms with Crippen LogP contribution in [0, 0.1) is 12.8 Å². The van der Waals surface area contributed by atoms with Gasteiger partial charge in [0.05, 0.1) is 0 Å². The molecular weight excluding hydrogens is 296 g/mol. The quantitative estimate of drug-likeness (QED) is 0.798. The average molecular weight is 315 g/mol. The van der Waals surface area contributed by atoms with Crippen LogP contribution in [0.15, 0.2) is 42.5 Å². The molecule has 1 aliphatic rings. The van der Waals surface area contributed by atoms with Crippen molar-refractivity contribution in [2.75, 3.05) is 18.0 Å². The van der Waals surface area contributed by atoms with Crippen molar-refractivity contribution in [3.63, 3.8) is 0 Å². The van der Waals surface area contributed by atoms with Crippen molar-refractivity contribution in [1.82, 2.24) is 4.98 Å². The number of hydrogen-bond acceptors (Lipinski definition) is 3. The number of nitrogens with zero attached hydrogens (tertiary/aromatic N) is 2. The molecule has 0 N–H and O–H groups in total. The maximum Gasteiger partial charge on any atom is 0.166 e. The first-order valence-corrected chi connectivity index (χ1v) is 7.99. The smallest absolute Gasteiger partial charge is 0.166 e. The zero-order valence-electron chi connectivity index (χ0n) is 12.6. The molecule has 4 heteroatoms. The Morgan fingerprint density at radius 1 is 1.14 bits per heavy atom. The summed E-state index contributed by atoms with van der Waals surface area (Å²) >= 11 is 5.88. The first-order chi connectivity index (χ1) is 10.6. The molecule has 0 amide bonds. The van der Waals surface area contributed by atoms with Gasteiger partial charge in [-0.25, -0.2) is 4.98 Å². The van der Waals surface area contributed by atoms with Crippen LogP contribution in [-0.4, -0.2) is 23.9 Å². The molecule has 114 valence electrons. The number of aromatic nitrogens is 1. The van der Waals surface area contributed by atoms with Crippen LogP contribution in [0.1, 0.15) is 28.9 Å². The third-order valence-corrected chi connectivity index (χ3v) is 4.44. The lowest BCUT2D eigenvalue weighted by atomic mass is 9.89. The molecule has 0 unspecified atom stereocenters. The van der Waals surface area contributed by atoms with Crippen molar-refractivity contribution in [3.05, 3.63) is 58.7 Å². The lowest BCUT2D eigenvalue weighted by Gasteiger charge is -2.32. The molecule has 1 aromatic carbocycles. The number of hydrogen-bond donors (Lipinski definition) is 0. The summed E-state index contributed by atoms with van der Waals surface area (Å²) in [6.45, 7) is 3.75. The van der Waals surface area contributed by atoms with Crippen molar-refractivity contribution in [1.29, 1.82) is 0 Å². The lowest BCUT2D eigenvalue weighted by Crippen LogP contribution is -2.36. The Kier molecular flexibility index (Phi) is 4.44. The Balaban J connectivity index is 1.64. The SMILES string of the molecule is Cc1cccc(N2CCC(C(=O)c3ccc(Cl)cc3)CC2)n1. The van der Waals surface area contributed by atoms with Gasteiger partial charge in [0.25, 0.3) is 0 Å². The van der Waals surface area contributed by atoms with Crippen LogP contribution in [0.4, 0.5) is 5.82 Å². The maximum absolute atomic E-state index is 12.5. The van der Waals surface area contributed by atoms with Crippen LogP contribution in [0.25, 0.3) is 0 Å². The first kappa shape index (κ1) is 15.0. The van der Waals surface area contributed by atoms with Crippen LogP contribution < -0.4 is 4.90 Å². The number of aryl methyl sites for hydroxylation is 1. The third kappa shape index (κ3) is 3.30. The van der Waals surface area contributed by atoms with Gasteiger partial charge in [-0.3, -0.25) is 4.79 Å². The van der Waals surface area contributed by atoms with Gasteiger partial charge in [-0.2, -0.15) is 0 Å². The molecule has 0 bridgehead atoms. The number of rotatable bonds is 3. The van der Waals surface area contributed by atoms with E-state index >= 15 is 0 Å². The summed E-state index contributed by atoms with van der Waals surface area (Å²) in [5, 5.41) is 0.664. The van der Waals surface area contributed by atoms with Crippen LogP contribution in [0.2, 0.25) is 5.02 Å². The number of pyridine rings is 1. The predicted octanol–water partition coefficient (Wildman–Crippen LogP) is 4.14. The molecule has 3 rings (SSSR count). The minimum Gasteiger partial charge on any atom is -0.357 e. The van der Waals surface area contributed by atoms with Crippen molar-refractivity contribution in [2.45, 2.75) is 19.8 Å². The minimum atomic E-state index is 0.0993. The van der Waals surface area contributed by atoms with Crippen molar-refractivity contribution in [2.24, 2.45) is 5.92 Å². The zero-order chi connectivity index (χ0) is 15.5. The van der Waals surface area contributed by atoms with E-state index in [2.05, 4.69) is 9.88 Å². The van der Waals surface area contributed by atoms with Gasteiger partial charge in [-0.05, 0) is 56.2 Å². The summed E-state index contributed by atoms with van der Waals surface area (Å²) in [4.78, 5) is 19.4. The van der Waals surface area contributed by atoms with Crippen LogP contribution in [0.3, 0.4) is 0 Å². The van der Waals surface area contributed by atoms with Crippen LogP contribution in [-0.2, 0) is 0 Å². The molecule has 0 atom stereocenters. The van der Waals surface area contributed by atoms with E-state index in [4.69, 9.17) is 11.6 Å². The molecule has 0 aliphatic carbocycles. The molecule has 2 aromatic rings. The number of halogens is 1. The van der Waals surface area contributed by atoms with Crippen molar-refractivity contribution in [3.8, 4) is 0 Å². The summed E-state index contributed by atoms with van der Waals surface area (Å²) in [5.41, 5.74) is 1.79. The predicted molar refractivity (Wildman–Crippen MR) is 89.7 cm³/mol. The number of ketones is 1. The summed E-state index contributed by atoms with van der Waals surface area (Å²) in [6.07, 6.45) is 1.74. The second-order valence-electron chi connectivity index (χ2n) is 5.77. The third-order valence-electron chi connectivity index (χ3n) is 4.19. The standard InChI is InChI=1S/C18H19ClN2O/c1-13-3-2-4-17(20-13)21-11-9-15(10-12-21)18(22)14-5-7-16(19)8-6-14/h2-8,15H,9-12H2,1H3. The Labute approximate surface area is 135 Å². The van der Waals surface area contributed by atoms with Crippen molar-refractivity contribution < 1.29 is 4.79 Å². The molecule has 1 aliphatic heterocycles. The number of benzene rings is 1. The molecule has 3 nitrogen and oxygen atoms in total. The van der Waals surface area contributed by atoms with Gasteiger partial charge in [-0.1, -0.05) is 17.7 Å². The number of carbonyl (C=O) groups excluding carboxylic acids is 1. The molecule has 22 heavy (non-hydrogen) atoms. The number of anilines is 1. The largest absolute Gasteiger partial charge is 0.357 e. The normalized spacial score (nSPS) is 15.8. The Morgan fingerprint density at radius 2 is 1.82 bits per heavy atom. The molecule has 1 aromatic heterocycles. The van der Waals surface area contributed by atoms with E-state index in [1.165, 1.54) is 0 Å². The van der Waals surface area contributed by atoms with E-state index < -0.39 is 0 Å². The van der Waals surface area contributed by atoms with Gasteiger partial charge in [0.1, 0.15) is 5.82 Å². The Hall–Kier alpha value is -1.87. The van der Waals surface area contributed by atoms with Gasteiger partial charge in [0.15, 0.2) is 5.78 Å². The number of Topliss-reactive ketones (excluding diaryl/α,β-unsaturated/α-hetero) is 1. The highest BCUT2D eigenvalue weighted by molar-refractivity contribution is 6.30. The van der Waals surface area contributed by atoms with E-state index in [9.17, 15) is 4.79 Å². The van der Waals surface area contributed by atoms with Gasteiger partial charge in [-0.15, -0.1) is 0 Å². The second-order valence-corrected chi connectivity index (χ2v) is 6.21. The molecule has 1 saturated heterocycles. The van der Waals surface area contributed by atoms with E-state index in [0.29, 0.717) is 5.02 Å². The first-order valence-electron chi connectivity index (χ1n) is 7.62. The zero-order valence-corrected chi connectivity index (χ0v) is 13.4. The Bertz CT molecular complexity index is 661. The fourth-order valence-electron chi connectivity index (χ4n) is 2.93. The highest BCUT2D eigenvalue weighted by atomic mass is 35.5. The van der Waals surface area contributed by atoms with E-state index in [1.54, 1.807) is 12.1 Å². The summed E-state index contributed by atoms with van der Waals surface area (Å²) < 4.78 is 0. The number of piperidine rings is 1. The molecule has 2 heterocycles. The van der Waals surface area contributed by atoms with Crippen molar-refractivity contribution >= 4 is 23.2 Å². The monoisotopic (exact) mass is 314 g/mol. The van der Waals surface area contributed by atoms with E-state index in [-0.39, 0.29) is 11.7 Å². The van der Waals surface area contributed by atoms with E-state index in [1.807, 2.05) is 37.3 Å². The Morgan fingerprint density at radius 3 is 2.45 bits per heavy atom. The summed E-state index contributed by atoms with van der Waals surface area (Å²) in [7, 11) is 0.